The molecule has 6 nitrogen and oxygen atoms in total. The molecule has 0 radical (unpaired) electrons. The summed E-state index contributed by atoms with van der Waals surface area (Å²) in [6.45, 7) is 3.98. The van der Waals surface area contributed by atoms with Crippen LogP contribution >= 0.6 is 0 Å². The zero-order chi connectivity index (χ0) is 15.2. The number of amides is 1. The lowest BCUT2D eigenvalue weighted by Crippen LogP contribution is -2.17. The minimum absolute atomic E-state index is 0.0621. The third-order valence-electron chi connectivity index (χ3n) is 2.77. The smallest absolute Gasteiger partial charge is 0.274 e. The maximum atomic E-state index is 11.8. The van der Waals surface area contributed by atoms with E-state index in [9.17, 15) is 9.90 Å². The van der Waals surface area contributed by atoms with Crippen LogP contribution in [0.5, 0.6) is 11.5 Å². The van der Waals surface area contributed by atoms with E-state index < -0.39 is 0 Å². The molecular formula is C15H16N2O4. The zero-order valence-electron chi connectivity index (χ0n) is 11.8. The van der Waals surface area contributed by atoms with E-state index >= 15 is 0 Å². The normalized spacial score (nSPS) is 10.8. The van der Waals surface area contributed by atoms with Crippen molar-refractivity contribution in [1.29, 1.82) is 0 Å². The second-order valence-electron chi connectivity index (χ2n) is 4.25. The fraction of sp³-hybridized carbons (Fsp3) is 0.200. The summed E-state index contributed by atoms with van der Waals surface area (Å²) < 4.78 is 10.3. The predicted octanol–water partition coefficient (Wildman–Crippen LogP) is 2.46. The van der Waals surface area contributed by atoms with E-state index in [0.29, 0.717) is 29.2 Å². The zero-order valence-corrected chi connectivity index (χ0v) is 11.8. The van der Waals surface area contributed by atoms with E-state index in [2.05, 4.69) is 10.5 Å². The number of nitrogens with one attached hydrogen (secondary N) is 1. The first kappa shape index (κ1) is 14.6. The fourth-order valence-electron chi connectivity index (χ4n) is 1.73. The first-order valence-corrected chi connectivity index (χ1v) is 6.45. The van der Waals surface area contributed by atoms with Crippen LogP contribution in [-0.4, -0.2) is 23.8 Å². The quantitative estimate of drug-likeness (QED) is 0.654. The molecule has 21 heavy (non-hydrogen) atoms. The minimum Gasteiger partial charge on any atom is -0.504 e. The molecule has 0 atom stereocenters. The van der Waals surface area contributed by atoms with Gasteiger partial charge in [0.15, 0.2) is 11.5 Å². The second-order valence-corrected chi connectivity index (χ2v) is 4.25. The molecule has 2 N–H and O–H groups in total. The lowest BCUT2D eigenvalue weighted by Gasteiger charge is -2.05. The molecule has 0 saturated heterocycles. The molecule has 1 aromatic heterocycles. The molecule has 1 heterocycles. The van der Waals surface area contributed by atoms with E-state index in [4.69, 9.17) is 9.15 Å². The number of hydrazone groups is 1. The molecule has 1 amide bonds. The highest BCUT2D eigenvalue weighted by Crippen LogP contribution is 2.26. The summed E-state index contributed by atoms with van der Waals surface area (Å²) in [4.78, 5) is 11.8. The van der Waals surface area contributed by atoms with Crippen molar-refractivity contribution in [2.45, 2.75) is 13.8 Å². The van der Waals surface area contributed by atoms with Crippen LogP contribution in [0.1, 0.15) is 28.6 Å². The van der Waals surface area contributed by atoms with Crippen LogP contribution in [0.15, 0.2) is 40.0 Å². The van der Waals surface area contributed by atoms with Crippen molar-refractivity contribution in [3.63, 3.8) is 0 Å². The number of hydrogen-bond donors (Lipinski definition) is 2. The van der Waals surface area contributed by atoms with Crippen molar-refractivity contribution >= 4 is 12.1 Å². The number of carbonyl (C=O) groups excluding carboxylic acids is 1. The number of furan rings is 1. The number of benzene rings is 1. The van der Waals surface area contributed by atoms with Gasteiger partial charge in [0.2, 0.25) is 0 Å². The Balaban J connectivity index is 2.03. The highest BCUT2D eigenvalue weighted by atomic mass is 16.5. The maximum Gasteiger partial charge on any atom is 0.274 e. The lowest BCUT2D eigenvalue weighted by atomic mass is 10.2. The van der Waals surface area contributed by atoms with Crippen molar-refractivity contribution in [2.24, 2.45) is 5.10 Å². The van der Waals surface area contributed by atoms with Gasteiger partial charge < -0.3 is 14.3 Å². The van der Waals surface area contributed by atoms with Crippen LogP contribution in [0.4, 0.5) is 0 Å². The molecule has 2 aromatic rings. The predicted molar refractivity (Wildman–Crippen MR) is 77.8 cm³/mol. The van der Waals surface area contributed by atoms with Gasteiger partial charge in [-0.25, -0.2) is 5.43 Å². The number of ether oxygens (including phenoxy) is 1. The number of carbonyl (C=O) groups is 1. The molecule has 0 unspecified atom stereocenters. The van der Waals surface area contributed by atoms with Crippen LogP contribution < -0.4 is 10.2 Å². The van der Waals surface area contributed by atoms with Crippen molar-refractivity contribution in [3.05, 3.63) is 47.4 Å². The molecule has 0 aliphatic rings. The number of rotatable bonds is 5. The summed E-state index contributed by atoms with van der Waals surface area (Å²) in [6.07, 6.45) is 2.91. The van der Waals surface area contributed by atoms with Gasteiger partial charge in [-0.2, -0.15) is 5.10 Å². The third-order valence-corrected chi connectivity index (χ3v) is 2.77. The molecular weight excluding hydrogens is 272 g/mol. The summed E-state index contributed by atoms with van der Waals surface area (Å²) in [5.41, 5.74) is 3.54. The van der Waals surface area contributed by atoms with Crippen molar-refractivity contribution in [2.75, 3.05) is 6.61 Å². The third kappa shape index (κ3) is 3.62. The van der Waals surface area contributed by atoms with Gasteiger partial charge in [0.25, 0.3) is 5.91 Å². The van der Waals surface area contributed by atoms with Crippen molar-refractivity contribution in [1.82, 2.24) is 5.43 Å². The van der Waals surface area contributed by atoms with Crippen LogP contribution in [0.3, 0.4) is 0 Å². The number of aryl methyl sites for hydroxylation is 1. The number of nitrogens with zero attached hydrogens (tertiary/aromatic N) is 1. The van der Waals surface area contributed by atoms with Gasteiger partial charge in [-0.15, -0.1) is 0 Å². The van der Waals surface area contributed by atoms with Crippen LogP contribution in [-0.2, 0) is 0 Å². The van der Waals surface area contributed by atoms with E-state index in [-0.39, 0.29) is 11.7 Å². The van der Waals surface area contributed by atoms with Gasteiger partial charge in [-0.1, -0.05) is 0 Å². The highest BCUT2D eigenvalue weighted by molar-refractivity contribution is 5.95. The fourth-order valence-corrected chi connectivity index (χ4v) is 1.73. The van der Waals surface area contributed by atoms with Crippen LogP contribution in [0, 0.1) is 6.92 Å². The first-order chi connectivity index (χ1) is 10.1. The molecule has 0 saturated carbocycles. The average Bonchev–Trinajstić information content (AvgIpc) is 2.89. The summed E-state index contributed by atoms with van der Waals surface area (Å²) in [5, 5.41) is 13.5. The summed E-state index contributed by atoms with van der Waals surface area (Å²) in [7, 11) is 0. The SMILES string of the molecule is CCOc1cc(/C=N/NC(=O)c2ccoc2C)ccc1O. The van der Waals surface area contributed by atoms with E-state index in [0.717, 1.165) is 0 Å². The largest absolute Gasteiger partial charge is 0.504 e. The minimum atomic E-state index is -0.346. The van der Waals surface area contributed by atoms with E-state index in [1.165, 1.54) is 18.5 Å². The second kappa shape index (κ2) is 6.60. The Labute approximate surface area is 122 Å². The molecule has 0 aliphatic carbocycles. The van der Waals surface area contributed by atoms with Crippen molar-refractivity contribution < 1.29 is 19.1 Å². The molecule has 6 heteroatoms. The van der Waals surface area contributed by atoms with Gasteiger partial charge in [-0.3, -0.25) is 4.79 Å². The lowest BCUT2D eigenvalue weighted by molar-refractivity contribution is 0.0953. The molecule has 1 aromatic carbocycles. The number of phenols is 1. The Morgan fingerprint density at radius 1 is 1.48 bits per heavy atom. The van der Waals surface area contributed by atoms with Gasteiger partial charge in [0.1, 0.15) is 5.76 Å². The average molecular weight is 288 g/mol. The summed E-state index contributed by atoms with van der Waals surface area (Å²) in [6, 6.07) is 6.39. The van der Waals surface area contributed by atoms with Crippen molar-refractivity contribution in [3.8, 4) is 11.5 Å². The molecule has 110 valence electrons. The summed E-state index contributed by atoms with van der Waals surface area (Å²) in [5.74, 6) is 0.623. The molecule has 0 bridgehead atoms. The van der Waals surface area contributed by atoms with Crippen LogP contribution in [0.2, 0.25) is 0 Å². The van der Waals surface area contributed by atoms with Gasteiger partial charge >= 0.3 is 0 Å². The van der Waals surface area contributed by atoms with Gasteiger partial charge in [-0.05, 0) is 43.7 Å². The Morgan fingerprint density at radius 3 is 2.95 bits per heavy atom. The monoisotopic (exact) mass is 288 g/mol. The molecule has 0 spiro atoms. The standard InChI is InChI=1S/C15H16N2O4/c1-3-20-14-8-11(4-5-13(14)18)9-16-17-15(19)12-6-7-21-10(12)2/h4-9,18H,3H2,1-2H3,(H,17,19)/b16-9+. The molecule has 2 rings (SSSR count). The molecule has 0 aliphatic heterocycles. The van der Waals surface area contributed by atoms with Gasteiger partial charge in [0.05, 0.1) is 24.6 Å². The highest BCUT2D eigenvalue weighted by Gasteiger charge is 2.09. The molecule has 0 fully saturated rings. The van der Waals surface area contributed by atoms with E-state index in [1.807, 2.05) is 6.92 Å². The van der Waals surface area contributed by atoms with Crippen LogP contribution in [0.25, 0.3) is 0 Å². The Morgan fingerprint density at radius 2 is 2.29 bits per heavy atom. The number of aromatic hydroxyl groups is 1. The first-order valence-electron chi connectivity index (χ1n) is 6.45. The topological polar surface area (TPSA) is 84.1 Å². The maximum absolute atomic E-state index is 11.8. The summed E-state index contributed by atoms with van der Waals surface area (Å²) >= 11 is 0. The number of phenolic OH excluding ortho intramolecular Hbond substituents is 1. The Hall–Kier alpha value is -2.76. The van der Waals surface area contributed by atoms with Gasteiger partial charge in [0, 0.05) is 0 Å². The number of hydrogen-bond acceptors (Lipinski definition) is 5. The Bertz CT molecular complexity index is 661. The Kier molecular flexibility index (Phi) is 4.61. The van der Waals surface area contributed by atoms with E-state index in [1.54, 1.807) is 25.1 Å².